The largest absolute Gasteiger partial charge is 0.326 e. The molecule has 10 heteroatoms. The molecule has 152 valence electrons. The molecule has 0 aromatic carbocycles. The van der Waals surface area contributed by atoms with Crippen LogP contribution in [0.2, 0.25) is 5.02 Å². The molecule has 2 atom stereocenters. The van der Waals surface area contributed by atoms with Gasteiger partial charge in [-0.25, -0.2) is 4.99 Å². The minimum Gasteiger partial charge on any atom is -0.326 e. The third-order valence-corrected chi connectivity index (χ3v) is 6.99. The second kappa shape index (κ2) is 7.55. The number of nitrogens with zero attached hydrogens (tertiary/aromatic N) is 6. The zero-order valence-electron chi connectivity index (χ0n) is 16.4. The lowest BCUT2D eigenvalue weighted by Gasteiger charge is -2.32. The van der Waals surface area contributed by atoms with E-state index in [1.807, 2.05) is 24.9 Å². The molecule has 5 rings (SSSR count). The molecule has 2 aromatic heterocycles. The van der Waals surface area contributed by atoms with Gasteiger partial charge in [0.1, 0.15) is 5.00 Å². The van der Waals surface area contributed by atoms with Crippen molar-refractivity contribution in [3.63, 3.8) is 0 Å². The first kappa shape index (κ1) is 18.8. The number of aromatic nitrogens is 3. The van der Waals surface area contributed by atoms with Crippen molar-refractivity contribution in [2.75, 3.05) is 25.0 Å². The smallest absolute Gasteiger partial charge is 0.174 e. The van der Waals surface area contributed by atoms with E-state index in [1.54, 1.807) is 0 Å². The molecule has 0 radical (unpaired) electrons. The van der Waals surface area contributed by atoms with Gasteiger partial charge in [0, 0.05) is 37.5 Å². The van der Waals surface area contributed by atoms with Crippen molar-refractivity contribution in [3.05, 3.63) is 40.6 Å². The molecule has 0 saturated carbocycles. The van der Waals surface area contributed by atoms with Crippen molar-refractivity contribution >= 4 is 39.8 Å². The van der Waals surface area contributed by atoms with E-state index in [1.165, 1.54) is 11.5 Å². The number of halogens is 1. The molecule has 0 amide bonds. The van der Waals surface area contributed by atoms with Crippen LogP contribution in [0.1, 0.15) is 30.1 Å². The van der Waals surface area contributed by atoms with Crippen LogP contribution in [0.15, 0.2) is 34.3 Å². The number of hydrogen-bond donors (Lipinski definition) is 2. The number of fused-ring (bicyclic) bond motifs is 1. The molecule has 8 nitrogen and oxygen atoms in total. The number of rotatable bonds is 3. The lowest BCUT2D eigenvalue weighted by atomic mass is 9.95. The number of aliphatic imine (C=N–C) groups is 2. The van der Waals surface area contributed by atoms with Crippen molar-refractivity contribution in [1.82, 2.24) is 24.4 Å². The van der Waals surface area contributed by atoms with Gasteiger partial charge in [-0.1, -0.05) is 11.6 Å². The summed E-state index contributed by atoms with van der Waals surface area (Å²) in [5.74, 6) is 1.97. The lowest BCUT2D eigenvalue weighted by Crippen LogP contribution is -2.40. The summed E-state index contributed by atoms with van der Waals surface area (Å²) in [7, 11) is 1.94. The minimum absolute atomic E-state index is 0.121. The highest BCUT2D eigenvalue weighted by molar-refractivity contribution is 7.11. The number of hydrogen-bond acceptors (Lipinski definition) is 8. The van der Waals surface area contributed by atoms with Gasteiger partial charge in [-0.15, -0.1) is 0 Å². The van der Waals surface area contributed by atoms with Crippen LogP contribution in [-0.2, 0) is 7.05 Å². The second-order valence-corrected chi connectivity index (χ2v) is 8.78. The zero-order chi connectivity index (χ0) is 20.0. The summed E-state index contributed by atoms with van der Waals surface area (Å²) in [6.07, 6.45) is 8.44. The highest BCUT2D eigenvalue weighted by atomic mass is 35.5. The van der Waals surface area contributed by atoms with Gasteiger partial charge in [0.05, 0.1) is 35.2 Å². The molecule has 2 aromatic rings. The normalized spacial score (nSPS) is 24.1. The maximum absolute atomic E-state index is 6.42. The van der Waals surface area contributed by atoms with Gasteiger partial charge in [0.15, 0.2) is 11.7 Å². The van der Waals surface area contributed by atoms with E-state index in [-0.39, 0.29) is 6.04 Å². The Hall–Kier alpha value is -2.23. The molecule has 0 spiro atoms. The topological polar surface area (TPSA) is 82.7 Å². The molecule has 0 aliphatic carbocycles. The molecule has 29 heavy (non-hydrogen) atoms. The second-order valence-electron chi connectivity index (χ2n) is 7.63. The van der Waals surface area contributed by atoms with E-state index in [2.05, 4.69) is 37.4 Å². The molecular weight excluding hydrogens is 408 g/mol. The van der Waals surface area contributed by atoms with Crippen molar-refractivity contribution in [3.8, 4) is 0 Å². The molecule has 2 unspecified atom stereocenters. The predicted octanol–water partition coefficient (Wildman–Crippen LogP) is 2.96. The van der Waals surface area contributed by atoms with E-state index in [0.717, 1.165) is 59.6 Å². The summed E-state index contributed by atoms with van der Waals surface area (Å²) in [5, 5.41) is 12.7. The Balaban J connectivity index is 1.50. The minimum atomic E-state index is 0.121. The quantitative estimate of drug-likeness (QED) is 0.782. The van der Waals surface area contributed by atoms with Crippen molar-refractivity contribution in [1.29, 1.82) is 0 Å². The van der Waals surface area contributed by atoms with Crippen molar-refractivity contribution < 1.29 is 0 Å². The highest BCUT2D eigenvalue weighted by Gasteiger charge is 2.36. The maximum atomic E-state index is 6.42. The third kappa shape index (κ3) is 3.47. The van der Waals surface area contributed by atoms with Crippen LogP contribution in [0.5, 0.6) is 0 Å². The highest BCUT2D eigenvalue weighted by Crippen LogP contribution is 2.35. The van der Waals surface area contributed by atoms with Crippen molar-refractivity contribution in [2.24, 2.45) is 23.0 Å². The number of anilines is 1. The lowest BCUT2D eigenvalue weighted by molar-refractivity contribution is 0.399. The van der Waals surface area contributed by atoms with Gasteiger partial charge in [-0.2, -0.15) is 9.47 Å². The molecular formula is C19H23ClN8S. The van der Waals surface area contributed by atoms with E-state index >= 15 is 0 Å². The zero-order valence-corrected chi connectivity index (χ0v) is 18.0. The molecule has 5 heterocycles. The summed E-state index contributed by atoms with van der Waals surface area (Å²) in [5.41, 5.74) is 3.05. The monoisotopic (exact) mass is 430 g/mol. The fourth-order valence-electron chi connectivity index (χ4n) is 4.00. The predicted molar refractivity (Wildman–Crippen MR) is 117 cm³/mol. The summed E-state index contributed by atoms with van der Waals surface area (Å²) >= 11 is 7.77. The van der Waals surface area contributed by atoms with Crippen LogP contribution in [0, 0.1) is 12.8 Å². The summed E-state index contributed by atoms with van der Waals surface area (Å²) < 4.78 is 6.18. The average Bonchev–Trinajstić information content (AvgIpc) is 3.43. The Morgan fingerprint density at radius 1 is 1.38 bits per heavy atom. The fraction of sp³-hybridized carbons (Fsp3) is 0.474. The molecule has 3 aliphatic rings. The summed E-state index contributed by atoms with van der Waals surface area (Å²) in [6, 6.07) is 0.121. The molecule has 3 aliphatic heterocycles. The van der Waals surface area contributed by atoms with Gasteiger partial charge in [0.25, 0.3) is 0 Å². The van der Waals surface area contributed by atoms with Crippen LogP contribution >= 0.6 is 23.1 Å². The van der Waals surface area contributed by atoms with E-state index in [4.69, 9.17) is 21.6 Å². The van der Waals surface area contributed by atoms with E-state index < -0.39 is 0 Å². The first-order chi connectivity index (χ1) is 14.1. The van der Waals surface area contributed by atoms with Gasteiger partial charge in [-0.05, 0) is 37.8 Å². The molecule has 0 bridgehead atoms. The standard InChI is InChI=1S/C19H23ClN8S/c1-11-16(20)19(29-26-11)25-17-18-22-8-15(13-7-23-27(2)9-13)28(18)10-14(24-17)12-4-3-5-21-6-12/h7,9-10,12,15,21H,3-6,8H2,1-2H3,(H,24,25). The Morgan fingerprint density at radius 3 is 2.97 bits per heavy atom. The van der Waals surface area contributed by atoms with Gasteiger partial charge in [-0.3, -0.25) is 9.67 Å². The Kier molecular flexibility index (Phi) is 4.89. The first-order valence-electron chi connectivity index (χ1n) is 9.82. The number of aryl methyl sites for hydroxylation is 2. The molecule has 1 fully saturated rings. The number of piperidine rings is 1. The van der Waals surface area contributed by atoms with Crippen LogP contribution < -0.4 is 10.6 Å². The van der Waals surface area contributed by atoms with Crippen LogP contribution in [0.25, 0.3) is 0 Å². The number of nitrogens with one attached hydrogen (secondary N) is 2. The van der Waals surface area contributed by atoms with Crippen LogP contribution in [-0.4, -0.2) is 50.4 Å². The SMILES string of the molecule is Cc1nsc(NC2=NC(C3CCCNC3)=CN3C2=NCC3c2cnn(C)c2)c1Cl. The Morgan fingerprint density at radius 2 is 2.28 bits per heavy atom. The van der Waals surface area contributed by atoms with Gasteiger partial charge < -0.3 is 15.5 Å². The Bertz CT molecular complexity index is 1010. The Labute approximate surface area is 178 Å². The maximum Gasteiger partial charge on any atom is 0.174 e. The van der Waals surface area contributed by atoms with Crippen molar-refractivity contribution in [2.45, 2.75) is 25.8 Å². The van der Waals surface area contributed by atoms with E-state index in [0.29, 0.717) is 17.5 Å². The summed E-state index contributed by atoms with van der Waals surface area (Å²) in [6.45, 7) is 4.59. The van der Waals surface area contributed by atoms with Crippen LogP contribution in [0.3, 0.4) is 0 Å². The molecule has 2 N–H and O–H groups in total. The first-order valence-corrected chi connectivity index (χ1v) is 11.0. The van der Waals surface area contributed by atoms with Gasteiger partial charge >= 0.3 is 0 Å². The molecule has 1 saturated heterocycles. The number of amidine groups is 2. The van der Waals surface area contributed by atoms with E-state index in [9.17, 15) is 0 Å². The average molecular weight is 431 g/mol. The third-order valence-electron chi connectivity index (χ3n) is 5.57. The van der Waals surface area contributed by atoms with Gasteiger partial charge in [0.2, 0.25) is 0 Å². The van der Waals surface area contributed by atoms with Crippen LogP contribution in [0.4, 0.5) is 5.00 Å². The summed E-state index contributed by atoms with van der Waals surface area (Å²) in [4.78, 5) is 12.0. The fourth-order valence-corrected chi connectivity index (χ4v) is 4.93.